The van der Waals surface area contributed by atoms with Crippen LogP contribution in [-0.4, -0.2) is 21.9 Å². The van der Waals surface area contributed by atoms with Crippen LogP contribution in [-0.2, 0) is 4.79 Å². The molecule has 1 saturated heterocycles. The highest BCUT2D eigenvalue weighted by Crippen LogP contribution is 2.39. The van der Waals surface area contributed by atoms with Crippen LogP contribution >= 0.6 is 32.9 Å². The molecule has 1 aromatic heterocycles. The molecule has 1 N–H and O–H groups in total. The van der Waals surface area contributed by atoms with Gasteiger partial charge in [-0.15, -0.1) is 0 Å². The normalized spacial score (nSPS) is 18.0. The summed E-state index contributed by atoms with van der Waals surface area (Å²) >= 11 is 1.31. The SMILES string of the molecule is O=C(CCCCC1CCSS1)Nc1nc2ccc(F)cc2s1. The Bertz CT molecular complexity index is 655. The lowest BCUT2D eigenvalue weighted by Crippen LogP contribution is -2.11. The van der Waals surface area contributed by atoms with E-state index in [2.05, 4.69) is 10.3 Å². The summed E-state index contributed by atoms with van der Waals surface area (Å²) in [6.45, 7) is 0. The molecular formula is C15H17FN2OS3. The topological polar surface area (TPSA) is 42.0 Å². The molecule has 3 rings (SSSR count). The summed E-state index contributed by atoms with van der Waals surface area (Å²) in [5, 5.41) is 4.14. The van der Waals surface area contributed by atoms with E-state index in [1.165, 1.54) is 42.1 Å². The molecule has 1 aromatic carbocycles. The molecular weight excluding hydrogens is 339 g/mol. The summed E-state index contributed by atoms with van der Waals surface area (Å²) in [6, 6.07) is 4.46. The van der Waals surface area contributed by atoms with Crippen molar-refractivity contribution in [3.63, 3.8) is 0 Å². The number of thiazole rings is 1. The Morgan fingerprint density at radius 3 is 3.14 bits per heavy atom. The zero-order valence-electron chi connectivity index (χ0n) is 12.0. The summed E-state index contributed by atoms with van der Waals surface area (Å²) in [6.07, 6.45) is 5.02. The lowest BCUT2D eigenvalue weighted by molar-refractivity contribution is -0.116. The molecule has 1 aliphatic rings. The van der Waals surface area contributed by atoms with Crippen LogP contribution < -0.4 is 5.32 Å². The lowest BCUT2D eigenvalue weighted by Gasteiger charge is -2.06. The Morgan fingerprint density at radius 2 is 2.32 bits per heavy atom. The third-order valence-electron chi connectivity index (χ3n) is 3.50. The molecule has 0 spiro atoms. The molecule has 0 bridgehead atoms. The first-order valence-corrected chi connectivity index (χ1v) is 10.5. The highest BCUT2D eigenvalue weighted by molar-refractivity contribution is 8.77. The molecule has 0 radical (unpaired) electrons. The molecule has 1 aliphatic heterocycles. The number of unbranched alkanes of at least 4 members (excludes halogenated alkanes) is 1. The first-order chi connectivity index (χ1) is 10.7. The van der Waals surface area contributed by atoms with E-state index in [1.54, 1.807) is 6.07 Å². The van der Waals surface area contributed by atoms with Gasteiger partial charge in [-0.25, -0.2) is 9.37 Å². The Morgan fingerprint density at radius 1 is 1.41 bits per heavy atom. The van der Waals surface area contributed by atoms with Crippen LogP contribution in [0, 0.1) is 5.82 Å². The Labute approximate surface area is 140 Å². The van der Waals surface area contributed by atoms with Gasteiger partial charge >= 0.3 is 0 Å². The van der Waals surface area contributed by atoms with Gasteiger partial charge in [0.25, 0.3) is 0 Å². The maximum atomic E-state index is 13.1. The predicted molar refractivity (Wildman–Crippen MR) is 95.1 cm³/mol. The van der Waals surface area contributed by atoms with E-state index in [0.717, 1.165) is 28.3 Å². The van der Waals surface area contributed by atoms with Crippen LogP contribution in [0.4, 0.5) is 9.52 Å². The highest BCUT2D eigenvalue weighted by Gasteiger charge is 2.16. The van der Waals surface area contributed by atoms with Crippen molar-refractivity contribution in [3.8, 4) is 0 Å². The molecule has 1 atom stereocenters. The van der Waals surface area contributed by atoms with Crippen molar-refractivity contribution in [3.05, 3.63) is 24.0 Å². The average Bonchev–Trinajstić information content (AvgIpc) is 3.12. The van der Waals surface area contributed by atoms with Crippen LogP contribution in [0.5, 0.6) is 0 Å². The third kappa shape index (κ3) is 4.36. The molecule has 22 heavy (non-hydrogen) atoms. The number of fused-ring (bicyclic) bond motifs is 1. The second-order valence-corrected chi connectivity index (χ2v) is 9.07. The van der Waals surface area contributed by atoms with Crippen molar-refractivity contribution in [2.24, 2.45) is 0 Å². The van der Waals surface area contributed by atoms with Crippen LogP contribution in [0.25, 0.3) is 10.2 Å². The highest BCUT2D eigenvalue weighted by atomic mass is 33.1. The summed E-state index contributed by atoms with van der Waals surface area (Å²) in [4.78, 5) is 16.2. The van der Waals surface area contributed by atoms with Crippen molar-refractivity contribution in [2.45, 2.75) is 37.4 Å². The summed E-state index contributed by atoms with van der Waals surface area (Å²) in [5.41, 5.74) is 0.720. The van der Waals surface area contributed by atoms with Gasteiger partial charge in [-0.05, 0) is 37.5 Å². The average molecular weight is 357 g/mol. The first-order valence-electron chi connectivity index (χ1n) is 7.35. The second-order valence-electron chi connectivity index (χ2n) is 5.25. The van der Waals surface area contributed by atoms with E-state index in [0.29, 0.717) is 11.6 Å². The van der Waals surface area contributed by atoms with Gasteiger partial charge in [0, 0.05) is 17.4 Å². The molecule has 0 saturated carbocycles. The molecule has 1 amide bonds. The minimum Gasteiger partial charge on any atom is -0.302 e. The van der Waals surface area contributed by atoms with Crippen molar-refractivity contribution >= 4 is 54.2 Å². The smallest absolute Gasteiger partial charge is 0.226 e. The third-order valence-corrected chi connectivity index (χ3v) is 7.44. The first kappa shape index (κ1) is 16.1. The predicted octanol–water partition coefficient (Wildman–Crippen LogP) is 5.09. The van der Waals surface area contributed by atoms with Gasteiger partial charge in [-0.1, -0.05) is 39.3 Å². The number of halogens is 1. The van der Waals surface area contributed by atoms with Gasteiger partial charge in [0.15, 0.2) is 5.13 Å². The molecule has 1 fully saturated rings. The van der Waals surface area contributed by atoms with Crippen LogP contribution in [0.2, 0.25) is 0 Å². The Hall–Kier alpha value is -0.790. The minimum atomic E-state index is -0.281. The molecule has 1 unspecified atom stereocenters. The summed E-state index contributed by atoms with van der Waals surface area (Å²) in [5.74, 6) is 0.971. The Balaban J connectivity index is 1.44. The van der Waals surface area contributed by atoms with E-state index in [-0.39, 0.29) is 11.7 Å². The van der Waals surface area contributed by atoms with Crippen LogP contribution in [0.15, 0.2) is 18.2 Å². The number of benzene rings is 1. The summed E-state index contributed by atoms with van der Waals surface area (Å²) in [7, 11) is 3.94. The van der Waals surface area contributed by atoms with Crippen LogP contribution in [0.1, 0.15) is 32.1 Å². The van der Waals surface area contributed by atoms with Crippen molar-refractivity contribution in [2.75, 3.05) is 11.1 Å². The lowest BCUT2D eigenvalue weighted by atomic mass is 10.1. The number of carbonyl (C=O) groups excluding carboxylic acids is 1. The molecule has 2 aromatic rings. The van der Waals surface area contributed by atoms with Gasteiger partial charge in [-0.2, -0.15) is 0 Å². The number of nitrogens with zero attached hydrogens (tertiary/aromatic N) is 1. The summed E-state index contributed by atoms with van der Waals surface area (Å²) < 4.78 is 13.9. The second kappa shape index (κ2) is 7.66. The van der Waals surface area contributed by atoms with E-state index >= 15 is 0 Å². The van der Waals surface area contributed by atoms with Gasteiger partial charge < -0.3 is 5.32 Å². The quantitative estimate of drug-likeness (QED) is 0.578. The van der Waals surface area contributed by atoms with Gasteiger partial charge in [-0.3, -0.25) is 4.79 Å². The zero-order valence-corrected chi connectivity index (χ0v) is 14.5. The van der Waals surface area contributed by atoms with Gasteiger partial charge in [0.05, 0.1) is 10.2 Å². The molecule has 7 heteroatoms. The number of nitrogens with one attached hydrogen (secondary N) is 1. The van der Waals surface area contributed by atoms with Crippen molar-refractivity contribution < 1.29 is 9.18 Å². The van der Waals surface area contributed by atoms with Crippen LogP contribution in [0.3, 0.4) is 0 Å². The number of amides is 1. The number of aromatic nitrogens is 1. The molecule has 118 valence electrons. The zero-order chi connectivity index (χ0) is 15.4. The number of hydrogen-bond acceptors (Lipinski definition) is 5. The van der Waals surface area contributed by atoms with E-state index in [4.69, 9.17) is 0 Å². The molecule has 3 nitrogen and oxygen atoms in total. The molecule has 2 heterocycles. The monoisotopic (exact) mass is 356 g/mol. The largest absolute Gasteiger partial charge is 0.302 e. The Kier molecular flexibility index (Phi) is 5.60. The molecule has 0 aliphatic carbocycles. The number of carbonyl (C=O) groups is 1. The van der Waals surface area contributed by atoms with E-state index in [1.807, 2.05) is 21.6 Å². The number of rotatable bonds is 6. The fourth-order valence-electron chi connectivity index (χ4n) is 2.36. The number of anilines is 1. The van der Waals surface area contributed by atoms with Gasteiger partial charge in [0.2, 0.25) is 5.91 Å². The maximum absolute atomic E-state index is 13.1. The fraction of sp³-hybridized carbons (Fsp3) is 0.467. The maximum Gasteiger partial charge on any atom is 0.226 e. The van der Waals surface area contributed by atoms with Gasteiger partial charge in [0.1, 0.15) is 5.82 Å². The van der Waals surface area contributed by atoms with E-state index in [9.17, 15) is 9.18 Å². The van der Waals surface area contributed by atoms with Crippen molar-refractivity contribution in [1.29, 1.82) is 0 Å². The standard InChI is InChI=1S/C15H17FN2OS3/c16-10-5-6-12-13(9-10)21-15(17-12)18-14(19)4-2-1-3-11-7-8-20-22-11/h5-6,9,11H,1-4,7-8H2,(H,17,18,19). The number of hydrogen-bond donors (Lipinski definition) is 1. The fourth-order valence-corrected chi connectivity index (χ4v) is 6.29. The van der Waals surface area contributed by atoms with Crippen molar-refractivity contribution in [1.82, 2.24) is 4.98 Å². The minimum absolute atomic E-state index is 0.00650. The van der Waals surface area contributed by atoms with E-state index < -0.39 is 0 Å².